The van der Waals surface area contributed by atoms with Crippen molar-refractivity contribution in [2.24, 2.45) is 0 Å². The van der Waals surface area contributed by atoms with E-state index < -0.39 is 11.4 Å². The fraction of sp³-hybridized carbons (Fsp3) is 0.185. The predicted molar refractivity (Wildman–Crippen MR) is 127 cm³/mol. The van der Waals surface area contributed by atoms with Crippen LogP contribution in [0.1, 0.15) is 37.9 Å². The molecule has 0 fully saturated rings. The highest BCUT2D eigenvalue weighted by Crippen LogP contribution is 2.35. The molecule has 0 saturated carbocycles. The highest BCUT2D eigenvalue weighted by atomic mass is 19.1. The predicted octanol–water partition coefficient (Wildman–Crippen LogP) is 6.70. The Morgan fingerprint density at radius 3 is 2.39 bits per heavy atom. The van der Waals surface area contributed by atoms with Crippen molar-refractivity contribution in [3.8, 4) is 11.5 Å². The van der Waals surface area contributed by atoms with Crippen molar-refractivity contribution in [2.45, 2.75) is 32.2 Å². The zero-order chi connectivity index (χ0) is 23.6. The number of hydrogen-bond donors (Lipinski definition) is 2. The van der Waals surface area contributed by atoms with Crippen molar-refractivity contribution in [1.82, 2.24) is 4.98 Å². The SMILES string of the molecule is CC(Nc1nccc2cccc(Oc3ccc(F)cc3)c12)c1ccc(C(C)(C)C(=O)O)cc1. The fourth-order valence-corrected chi connectivity index (χ4v) is 3.62. The van der Waals surface area contributed by atoms with Gasteiger partial charge in [0.1, 0.15) is 23.1 Å². The summed E-state index contributed by atoms with van der Waals surface area (Å²) in [6, 6.07) is 21.0. The molecule has 5 nitrogen and oxygen atoms in total. The lowest BCUT2D eigenvalue weighted by Crippen LogP contribution is -2.28. The van der Waals surface area contributed by atoms with E-state index in [1.54, 1.807) is 32.2 Å². The van der Waals surface area contributed by atoms with Crippen molar-refractivity contribution in [1.29, 1.82) is 0 Å². The molecule has 0 aliphatic heterocycles. The number of rotatable bonds is 7. The molecule has 2 N–H and O–H groups in total. The van der Waals surface area contributed by atoms with Gasteiger partial charge in [0, 0.05) is 12.2 Å². The molecule has 1 unspecified atom stereocenters. The number of halogens is 1. The third kappa shape index (κ3) is 4.65. The van der Waals surface area contributed by atoms with Crippen LogP contribution in [-0.4, -0.2) is 16.1 Å². The summed E-state index contributed by atoms with van der Waals surface area (Å²) in [6.45, 7) is 5.39. The fourth-order valence-electron chi connectivity index (χ4n) is 3.62. The summed E-state index contributed by atoms with van der Waals surface area (Å²) in [5.74, 6) is 0.613. The lowest BCUT2D eigenvalue weighted by molar-refractivity contribution is -0.142. The summed E-state index contributed by atoms with van der Waals surface area (Å²) in [5, 5.41) is 14.7. The van der Waals surface area contributed by atoms with Crippen LogP contribution >= 0.6 is 0 Å². The first-order valence-corrected chi connectivity index (χ1v) is 10.7. The van der Waals surface area contributed by atoms with Crippen LogP contribution in [0, 0.1) is 5.82 Å². The molecule has 3 aromatic carbocycles. The zero-order valence-electron chi connectivity index (χ0n) is 18.7. The van der Waals surface area contributed by atoms with E-state index in [4.69, 9.17) is 4.74 Å². The minimum absolute atomic E-state index is 0.0935. The quantitative estimate of drug-likeness (QED) is 0.332. The standard InChI is InChI=1S/C27H25FN2O3/c1-17(18-7-9-20(10-8-18)27(2,3)26(31)32)30-25-24-19(15-16-29-25)5-4-6-23(24)33-22-13-11-21(28)12-14-22/h4-17H,1-3H3,(H,29,30)(H,31,32). The Bertz CT molecular complexity index is 1280. The Hall–Kier alpha value is -3.93. The van der Waals surface area contributed by atoms with E-state index in [2.05, 4.69) is 10.3 Å². The molecule has 0 radical (unpaired) electrons. The molecule has 33 heavy (non-hydrogen) atoms. The average molecular weight is 445 g/mol. The van der Waals surface area contributed by atoms with Gasteiger partial charge in [0.2, 0.25) is 0 Å². The van der Waals surface area contributed by atoms with Crippen LogP contribution in [0.5, 0.6) is 11.5 Å². The normalized spacial score (nSPS) is 12.4. The van der Waals surface area contributed by atoms with Crippen LogP contribution in [0.15, 0.2) is 79.0 Å². The number of aliphatic carboxylic acids is 1. The number of aromatic nitrogens is 1. The third-order valence-electron chi connectivity index (χ3n) is 5.81. The Labute approximate surface area is 191 Å². The van der Waals surface area contributed by atoms with Crippen LogP contribution in [-0.2, 0) is 10.2 Å². The summed E-state index contributed by atoms with van der Waals surface area (Å²) in [5.41, 5.74) is 0.777. The van der Waals surface area contributed by atoms with E-state index in [-0.39, 0.29) is 11.9 Å². The van der Waals surface area contributed by atoms with E-state index in [1.807, 2.05) is 55.5 Å². The summed E-state index contributed by atoms with van der Waals surface area (Å²) in [6.07, 6.45) is 1.73. The maximum atomic E-state index is 13.3. The van der Waals surface area contributed by atoms with Crippen LogP contribution in [0.4, 0.5) is 10.2 Å². The summed E-state index contributed by atoms with van der Waals surface area (Å²) in [4.78, 5) is 16.1. The number of nitrogens with one attached hydrogen (secondary N) is 1. The number of nitrogens with zero attached hydrogens (tertiary/aromatic N) is 1. The highest BCUT2D eigenvalue weighted by Gasteiger charge is 2.29. The van der Waals surface area contributed by atoms with Gasteiger partial charge in [0.05, 0.1) is 10.8 Å². The second-order valence-electron chi connectivity index (χ2n) is 8.49. The molecule has 6 heteroatoms. The molecule has 0 aliphatic carbocycles. The first-order valence-electron chi connectivity index (χ1n) is 10.7. The number of pyridine rings is 1. The van der Waals surface area contributed by atoms with E-state index >= 15 is 0 Å². The maximum absolute atomic E-state index is 13.3. The van der Waals surface area contributed by atoms with Crippen LogP contribution in [0.25, 0.3) is 10.8 Å². The average Bonchev–Trinajstić information content (AvgIpc) is 2.81. The summed E-state index contributed by atoms with van der Waals surface area (Å²) in [7, 11) is 0. The minimum Gasteiger partial charge on any atom is -0.481 e. The van der Waals surface area contributed by atoms with Crippen molar-refractivity contribution in [3.63, 3.8) is 0 Å². The second kappa shape index (κ2) is 8.90. The molecule has 0 saturated heterocycles. The molecule has 0 aliphatic rings. The van der Waals surface area contributed by atoms with E-state index in [0.29, 0.717) is 17.3 Å². The molecule has 1 aromatic heterocycles. The molecular formula is C27H25FN2O3. The lowest BCUT2D eigenvalue weighted by atomic mass is 9.84. The van der Waals surface area contributed by atoms with Gasteiger partial charge in [0.25, 0.3) is 0 Å². The van der Waals surface area contributed by atoms with Gasteiger partial charge in [-0.15, -0.1) is 0 Å². The lowest BCUT2D eigenvalue weighted by Gasteiger charge is -2.22. The Kier molecular flexibility index (Phi) is 6.01. The van der Waals surface area contributed by atoms with Crippen LogP contribution in [0.3, 0.4) is 0 Å². The number of hydrogen-bond acceptors (Lipinski definition) is 4. The Balaban J connectivity index is 1.63. The number of ether oxygens (including phenoxy) is 1. The van der Waals surface area contributed by atoms with Gasteiger partial charge in [-0.2, -0.15) is 0 Å². The smallest absolute Gasteiger partial charge is 0.313 e. The van der Waals surface area contributed by atoms with Crippen LogP contribution in [0.2, 0.25) is 0 Å². The molecule has 0 bridgehead atoms. The molecule has 4 aromatic rings. The van der Waals surface area contributed by atoms with Gasteiger partial charge in [-0.1, -0.05) is 36.4 Å². The second-order valence-corrected chi connectivity index (χ2v) is 8.49. The van der Waals surface area contributed by atoms with Gasteiger partial charge in [0.15, 0.2) is 0 Å². The van der Waals surface area contributed by atoms with Crippen molar-refractivity contribution in [2.75, 3.05) is 5.32 Å². The van der Waals surface area contributed by atoms with Gasteiger partial charge < -0.3 is 15.2 Å². The summed E-state index contributed by atoms with van der Waals surface area (Å²) < 4.78 is 19.3. The molecular weight excluding hydrogens is 419 g/mol. The number of benzene rings is 3. The molecule has 4 rings (SSSR count). The van der Waals surface area contributed by atoms with Crippen molar-refractivity contribution >= 4 is 22.6 Å². The number of carbonyl (C=O) groups is 1. The monoisotopic (exact) mass is 444 g/mol. The summed E-state index contributed by atoms with van der Waals surface area (Å²) >= 11 is 0. The number of carboxylic acids is 1. The van der Waals surface area contributed by atoms with E-state index in [9.17, 15) is 14.3 Å². The maximum Gasteiger partial charge on any atom is 0.313 e. The van der Waals surface area contributed by atoms with Gasteiger partial charge >= 0.3 is 5.97 Å². The first-order chi connectivity index (χ1) is 15.8. The van der Waals surface area contributed by atoms with Crippen LogP contribution < -0.4 is 10.1 Å². The zero-order valence-corrected chi connectivity index (χ0v) is 18.7. The topological polar surface area (TPSA) is 71.5 Å². The molecule has 168 valence electrons. The van der Waals surface area contributed by atoms with E-state index in [1.165, 1.54) is 12.1 Å². The number of anilines is 1. The van der Waals surface area contributed by atoms with Crippen molar-refractivity contribution in [3.05, 3.63) is 95.9 Å². The van der Waals surface area contributed by atoms with Gasteiger partial charge in [-0.25, -0.2) is 9.37 Å². The largest absolute Gasteiger partial charge is 0.481 e. The minimum atomic E-state index is -0.959. The van der Waals surface area contributed by atoms with E-state index in [0.717, 1.165) is 21.9 Å². The molecule has 0 amide bonds. The number of carboxylic acid groups (broad SMARTS) is 1. The Morgan fingerprint density at radius 2 is 1.73 bits per heavy atom. The molecule has 1 atom stereocenters. The number of fused-ring (bicyclic) bond motifs is 1. The van der Waals surface area contributed by atoms with Gasteiger partial charge in [-0.3, -0.25) is 4.79 Å². The third-order valence-corrected chi connectivity index (χ3v) is 5.81. The first kappa shape index (κ1) is 22.3. The molecule has 0 spiro atoms. The highest BCUT2D eigenvalue weighted by molar-refractivity contribution is 5.97. The Morgan fingerprint density at radius 1 is 1.03 bits per heavy atom. The molecule has 1 heterocycles. The van der Waals surface area contributed by atoms with Crippen molar-refractivity contribution < 1.29 is 19.0 Å². The van der Waals surface area contributed by atoms with Gasteiger partial charge in [-0.05, 0) is 73.7 Å².